The zero-order valence-electron chi connectivity index (χ0n) is 19.8. The number of fused-ring (bicyclic) bond motifs is 1. The lowest BCUT2D eigenvalue weighted by atomic mass is 9.94. The molecule has 2 aromatic carbocycles. The van der Waals surface area contributed by atoms with E-state index >= 15 is 0 Å². The third-order valence-electron chi connectivity index (χ3n) is 6.64. The molecule has 1 atom stereocenters. The van der Waals surface area contributed by atoms with Gasteiger partial charge < -0.3 is 9.88 Å². The Morgan fingerprint density at radius 1 is 1.11 bits per heavy atom. The number of hydrogen-bond acceptors (Lipinski definition) is 3. The van der Waals surface area contributed by atoms with Gasteiger partial charge in [0.25, 0.3) is 5.91 Å². The maximum absolute atomic E-state index is 14.6. The van der Waals surface area contributed by atoms with Gasteiger partial charge in [-0.3, -0.25) is 9.48 Å². The van der Waals surface area contributed by atoms with Crippen LogP contribution < -0.4 is 0 Å². The number of carbonyl (C=O) groups is 1. The lowest BCUT2D eigenvalue weighted by molar-refractivity contribution is 0.0673. The fourth-order valence-electron chi connectivity index (χ4n) is 4.83. The maximum Gasteiger partial charge on any atom is 0.256 e. The van der Waals surface area contributed by atoms with Crippen LogP contribution in [-0.2, 0) is 13.5 Å². The number of nitrogens with one attached hydrogen (secondary N) is 1. The molecule has 6 nitrogen and oxygen atoms in total. The molecule has 0 radical (unpaired) electrons. The van der Waals surface area contributed by atoms with E-state index in [1.165, 1.54) is 28.9 Å². The van der Waals surface area contributed by atoms with Crippen LogP contribution in [-0.4, -0.2) is 32.1 Å². The highest BCUT2D eigenvalue weighted by Gasteiger charge is 2.36. The molecule has 0 aliphatic carbocycles. The first-order valence-corrected chi connectivity index (χ1v) is 11.7. The van der Waals surface area contributed by atoms with E-state index in [0.717, 1.165) is 12.1 Å². The first-order chi connectivity index (χ1) is 18.0. The van der Waals surface area contributed by atoms with Crippen molar-refractivity contribution in [2.75, 3.05) is 6.54 Å². The van der Waals surface area contributed by atoms with E-state index in [4.69, 9.17) is 16.9 Å². The van der Waals surface area contributed by atoms with Crippen molar-refractivity contribution < 1.29 is 26.7 Å². The van der Waals surface area contributed by atoms with Crippen molar-refractivity contribution in [3.8, 4) is 28.5 Å². The van der Waals surface area contributed by atoms with Gasteiger partial charge in [0.05, 0.1) is 28.0 Å². The Balaban J connectivity index is 1.53. The molecule has 0 saturated heterocycles. The Morgan fingerprint density at radius 3 is 2.53 bits per heavy atom. The number of nitrogens with zero attached hydrogens (tertiary/aromatic N) is 4. The average molecular weight is 546 g/mol. The van der Waals surface area contributed by atoms with Crippen LogP contribution in [0.25, 0.3) is 22.4 Å². The molecule has 0 saturated carbocycles. The Kier molecular flexibility index (Phi) is 6.23. The number of carbonyl (C=O) groups excluding carboxylic acids is 1. The van der Waals surface area contributed by atoms with E-state index in [1.807, 2.05) is 6.07 Å². The van der Waals surface area contributed by atoms with E-state index in [1.54, 1.807) is 6.92 Å². The van der Waals surface area contributed by atoms with Crippen LogP contribution in [0.15, 0.2) is 30.5 Å². The largest absolute Gasteiger partial charge is 0.352 e. The Labute approximate surface area is 217 Å². The van der Waals surface area contributed by atoms with E-state index < -0.39 is 46.6 Å². The van der Waals surface area contributed by atoms with Crippen LogP contribution >= 0.6 is 11.6 Å². The number of halogens is 6. The fraction of sp³-hybridized carbons (Fsp3) is 0.192. The molecule has 38 heavy (non-hydrogen) atoms. The van der Waals surface area contributed by atoms with Gasteiger partial charge in [0.1, 0.15) is 17.6 Å². The van der Waals surface area contributed by atoms with Crippen molar-refractivity contribution in [1.82, 2.24) is 19.7 Å². The van der Waals surface area contributed by atoms with Gasteiger partial charge in [-0.2, -0.15) is 10.4 Å². The second kappa shape index (κ2) is 9.29. The zero-order valence-corrected chi connectivity index (χ0v) is 20.6. The second-order valence-corrected chi connectivity index (χ2v) is 9.22. The SMILES string of the molecule is C[C@H]1c2nn(C)c(-c3cc(F)c(F)c(F)c3F)c2CCN1C(=O)c1cc(F)cc(-c2c[nH]c(C#N)c2)c1Cl. The third kappa shape index (κ3) is 3.92. The molecular weight excluding hydrogens is 529 g/mol. The smallest absolute Gasteiger partial charge is 0.256 e. The minimum Gasteiger partial charge on any atom is -0.352 e. The molecular formula is C26H17ClF5N5O. The van der Waals surface area contributed by atoms with Crippen LogP contribution in [0.5, 0.6) is 0 Å². The molecule has 0 bridgehead atoms. The van der Waals surface area contributed by atoms with Crippen LogP contribution in [0.3, 0.4) is 0 Å². The Morgan fingerprint density at radius 2 is 1.84 bits per heavy atom. The monoisotopic (exact) mass is 545 g/mol. The minimum atomic E-state index is -1.93. The van der Waals surface area contributed by atoms with Crippen molar-refractivity contribution in [3.05, 3.63) is 87.1 Å². The summed E-state index contributed by atoms with van der Waals surface area (Å²) < 4.78 is 71.8. The van der Waals surface area contributed by atoms with E-state index in [0.29, 0.717) is 22.9 Å². The summed E-state index contributed by atoms with van der Waals surface area (Å²) >= 11 is 6.52. The summed E-state index contributed by atoms with van der Waals surface area (Å²) in [6.45, 7) is 1.72. The van der Waals surface area contributed by atoms with Crippen LogP contribution in [0.2, 0.25) is 5.02 Å². The summed E-state index contributed by atoms with van der Waals surface area (Å²) in [6.07, 6.45) is 1.59. The van der Waals surface area contributed by atoms with Crippen LogP contribution in [0.1, 0.15) is 40.3 Å². The predicted octanol–water partition coefficient (Wildman–Crippen LogP) is 6.06. The van der Waals surface area contributed by atoms with Gasteiger partial charge in [-0.15, -0.1) is 0 Å². The van der Waals surface area contributed by atoms with E-state index in [2.05, 4.69) is 10.1 Å². The van der Waals surface area contributed by atoms with Crippen molar-refractivity contribution in [3.63, 3.8) is 0 Å². The summed E-state index contributed by atoms with van der Waals surface area (Å²) in [5.41, 5.74) is 1.10. The summed E-state index contributed by atoms with van der Waals surface area (Å²) in [6, 6.07) is 5.43. The van der Waals surface area contributed by atoms with Gasteiger partial charge in [0, 0.05) is 42.0 Å². The maximum atomic E-state index is 14.6. The molecule has 1 amide bonds. The summed E-state index contributed by atoms with van der Waals surface area (Å²) in [4.78, 5) is 17.7. The van der Waals surface area contributed by atoms with Crippen molar-refractivity contribution in [2.45, 2.75) is 19.4 Å². The standard InChI is InChI=1S/C26H17ClF5N5O/c1-11-24-15(25(36(2)35-24)18-8-19(29)22(31)23(32)21(18)30)3-4-37(11)26(38)17-7-13(28)6-16(20(17)27)12-5-14(9-33)34-10-12/h5-8,10-11,34H,3-4H2,1-2H3/t11-/m0/s1. The molecule has 12 heteroatoms. The first-order valence-electron chi connectivity index (χ1n) is 11.3. The quantitative estimate of drug-likeness (QED) is 0.193. The Bertz CT molecular complexity index is 1670. The second-order valence-electron chi connectivity index (χ2n) is 8.84. The number of rotatable bonds is 3. The first kappa shape index (κ1) is 25.5. The summed E-state index contributed by atoms with van der Waals surface area (Å²) in [5.74, 6) is -8.26. The van der Waals surface area contributed by atoms with E-state index in [9.17, 15) is 26.7 Å². The highest BCUT2D eigenvalue weighted by molar-refractivity contribution is 6.36. The number of amides is 1. The third-order valence-corrected chi connectivity index (χ3v) is 7.05. The zero-order chi connectivity index (χ0) is 27.5. The molecule has 1 aliphatic rings. The number of aromatic amines is 1. The predicted molar refractivity (Wildman–Crippen MR) is 128 cm³/mol. The fourth-order valence-corrected chi connectivity index (χ4v) is 5.13. The number of benzene rings is 2. The lowest BCUT2D eigenvalue weighted by Crippen LogP contribution is -2.39. The molecule has 3 heterocycles. The van der Waals surface area contributed by atoms with Gasteiger partial charge in [-0.1, -0.05) is 11.6 Å². The molecule has 0 unspecified atom stereocenters. The van der Waals surface area contributed by atoms with Crippen molar-refractivity contribution in [2.24, 2.45) is 7.05 Å². The van der Waals surface area contributed by atoms with Gasteiger partial charge in [0.15, 0.2) is 23.3 Å². The molecule has 2 aromatic heterocycles. The normalized spacial score (nSPS) is 14.9. The summed E-state index contributed by atoms with van der Waals surface area (Å²) in [5, 5.41) is 13.4. The van der Waals surface area contributed by atoms with Gasteiger partial charge >= 0.3 is 0 Å². The lowest BCUT2D eigenvalue weighted by Gasteiger charge is -2.33. The number of aromatic nitrogens is 3. The Hall–Kier alpha value is -4.17. The highest BCUT2D eigenvalue weighted by Crippen LogP contribution is 2.39. The number of hydrogen-bond donors (Lipinski definition) is 1. The van der Waals surface area contributed by atoms with Gasteiger partial charge in [0.2, 0.25) is 0 Å². The molecule has 194 valence electrons. The average Bonchev–Trinajstić information content (AvgIpc) is 3.50. The highest BCUT2D eigenvalue weighted by atomic mass is 35.5. The molecule has 4 aromatic rings. The number of aryl methyl sites for hydroxylation is 1. The van der Waals surface area contributed by atoms with Crippen molar-refractivity contribution >= 4 is 17.5 Å². The number of H-pyrrole nitrogens is 1. The van der Waals surface area contributed by atoms with Crippen LogP contribution in [0.4, 0.5) is 22.0 Å². The van der Waals surface area contributed by atoms with Crippen LogP contribution in [0, 0.1) is 40.4 Å². The number of nitriles is 1. The van der Waals surface area contributed by atoms with Gasteiger partial charge in [-0.25, -0.2) is 22.0 Å². The topological polar surface area (TPSA) is 77.7 Å². The minimum absolute atomic E-state index is 0.0149. The summed E-state index contributed by atoms with van der Waals surface area (Å²) in [7, 11) is 1.44. The molecule has 1 aliphatic heterocycles. The molecule has 5 rings (SSSR count). The molecule has 0 spiro atoms. The van der Waals surface area contributed by atoms with E-state index in [-0.39, 0.29) is 40.5 Å². The van der Waals surface area contributed by atoms with Gasteiger partial charge in [-0.05, 0) is 37.6 Å². The molecule has 1 N–H and O–H groups in total. The molecule has 0 fully saturated rings. The van der Waals surface area contributed by atoms with Crippen molar-refractivity contribution in [1.29, 1.82) is 5.26 Å².